The Hall–Kier alpha value is -5.81. The van der Waals surface area contributed by atoms with Crippen molar-refractivity contribution < 1.29 is 27.6 Å². The van der Waals surface area contributed by atoms with Crippen molar-refractivity contribution in [1.82, 2.24) is 19.6 Å². The van der Waals surface area contributed by atoms with Crippen LogP contribution in [0.3, 0.4) is 0 Å². The molecule has 5 aromatic rings. The first-order valence-corrected chi connectivity index (χ1v) is 23.2. The largest absolute Gasteiger partial charge is 0.455 e. The van der Waals surface area contributed by atoms with E-state index in [1.54, 1.807) is 24.4 Å². The lowest BCUT2D eigenvalue weighted by atomic mass is 9.59. The summed E-state index contributed by atoms with van der Waals surface area (Å²) in [4.78, 5) is 41.5. The van der Waals surface area contributed by atoms with Gasteiger partial charge in [-0.2, -0.15) is 0 Å². The second kappa shape index (κ2) is 17.8. The average molecular weight is 893 g/mol. The number of aromatic nitrogens is 2. The summed E-state index contributed by atoms with van der Waals surface area (Å²) in [7, 11) is -4.67. The van der Waals surface area contributed by atoms with Crippen LogP contribution in [0.1, 0.15) is 72.9 Å². The van der Waals surface area contributed by atoms with E-state index in [0.29, 0.717) is 42.9 Å². The van der Waals surface area contributed by atoms with Crippen LogP contribution in [0, 0.1) is 15.5 Å². The zero-order valence-electron chi connectivity index (χ0n) is 34.7. The molecule has 2 saturated heterocycles. The summed E-state index contributed by atoms with van der Waals surface area (Å²) < 4.78 is 41.6. The molecule has 3 fully saturated rings. The smallest absolute Gasteiger partial charge is 0.294 e. The number of hydrogen-bond donors (Lipinski definition) is 3. The Balaban J connectivity index is 0.955. The number of aromatic amines is 1. The molecule has 1 amide bonds. The van der Waals surface area contributed by atoms with Gasteiger partial charge in [0, 0.05) is 92.1 Å². The number of amides is 1. The van der Waals surface area contributed by atoms with E-state index in [1.165, 1.54) is 66.9 Å². The topological polar surface area (TPSA) is 198 Å². The number of halogens is 1. The molecule has 1 spiro atoms. The molecule has 9 rings (SSSR count). The second-order valence-electron chi connectivity index (χ2n) is 17.0. The van der Waals surface area contributed by atoms with E-state index in [0.717, 1.165) is 67.7 Å². The minimum Gasteiger partial charge on any atom is -0.455 e. The second-order valence-corrected chi connectivity index (χ2v) is 19.1. The predicted molar refractivity (Wildman–Crippen MR) is 243 cm³/mol. The fourth-order valence-corrected chi connectivity index (χ4v) is 10.4. The molecule has 0 radical (unpaired) electrons. The van der Waals surface area contributed by atoms with E-state index < -0.39 is 31.4 Å². The first kappa shape index (κ1) is 42.5. The fourth-order valence-electron chi connectivity index (χ4n) is 9.21. The number of hydrogen-bond acceptors (Lipinski definition) is 12. The summed E-state index contributed by atoms with van der Waals surface area (Å²) >= 11 is 6.28. The van der Waals surface area contributed by atoms with Crippen molar-refractivity contribution in [2.75, 3.05) is 56.6 Å². The van der Waals surface area contributed by atoms with Crippen molar-refractivity contribution in [1.29, 1.82) is 0 Å². The van der Waals surface area contributed by atoms with Gasteiger partial charge in [-0.05, 0) is 104 Å². The molecule has 328 valence electrons. The van der Waals surface area contributed by atoms with Crippen LogP contribution in [0.25, 0.3) is 16.6 Å². The van der Waals surface area contributed by atoms with Crippen LogP contribution in [-0.4, -0.2) is 92.3 Å². The number of carbonyl (C=O) groups is 1. The maximum Gasteiger partial charge on any atom is 0.294 e. The average Bonchev–Trinajstić information content (AvgIpc) is 3.74. The molecule has 15 nitrogen and oxygen atoms in total. The Morgan fingerprint density at radius 3 is 2.57 bits per heavy atom. The molecule has 0 atom stereocenters. The number of ether oxygens (including phenoxy) is 2. The minimum atomic E-state index is -4.67. The number of nitrogens with two attached hydrogens (primary N) is 1. The van der Waals surface area contributed by atoms with Gasteiger partial charge in [0.25, 0.3) is 21.6 Å². The third-order valence-electron chi connectivity index (χ3n) is 13.0. The van der Waals surface area contributed by atoms with Crippen LogP contribution in [0.4, 0.5) is 17.1 Å². The van der Waals surface area contributed by atoms with Gasteiger partial charge in [-0.3, -0.25) is 24.8 Å². The fraction of sp³-hybridized carbons (Fsp3) is 0.370. The Morgan fingerprint density at radius 2 is 1.84 bits per heavy atom. The van der Waals surface area contributed by atoms with Crippen LogP contribution in [0.5, 0.6) is 11.5 Å². The van der Waals surface area contributed by atoms with Gasteiger partial charge in [0.2, 0.25) is 0 Å². The van der Waals surface area contributed by atoms with Gasteiger partial charge < -0.3 is 25.1 Å². The van der Waals surface area contributed by atoms with Crippen LogP contribution in [0.2, 0.25) is 5.02 Å². The number of fused-ring (bicyclic) bond motifs is 1. The number of rotatable bonds is 12. The zero-order valence-corrected chi connectivity index (χ0v) is 36.3. The van der Waals surface area contributed by atoms with Gasteiger partial charge in [0.05, 0.1) is 27.6 Å². The number of nitro benzene ring substituents is 1. The molecular weight excluding hydrogens is 844 g/mol. The standard InChI is InChI=1S/C46H49ClN8O7S/c47-34-4-2-30(3-5-34)40-26-46(12-1-13-46)14-8-32(40)29-53-16-18-54(19-17-53)36-6-7-39(42(24-36)62-37-22-31-9-15-49-44(31)51-28-37)45(56)52-63(59,60)38-23-33(43(48)41(25-38)55(57)58)27-50-35-10-20-61-21-11-35/h2-7,9,15,22-25,27-28,35H,1,8,10-14,16-21,26,29,48H2,(H,49,51)(H,52,56). The summed E-state index contributed by atoms with van der Waals surface area (Å²) in [5, 5.41) is 13.5. The normalized spacial score (nSPS) is 18.5. The highest BCUT2D eigenvalue weighted by atomic mass is 35.5. The molecule has 0 unspecified atom stereocenters. The quantitative estimate of drug-likeness (QED) is 0.0473. The SMILES string of the molecule is Nc1c(C=NC2CCOCC2)cc(S(=O)(=O)NC(=O)c2ccc(N3CCN(CC4=C(c5ccc(Cl)cc5)CC5(CCC5)CC4)CC3)cc2Oc2cnc3[nH]ccc3c2)cc1[N+](=O)[O-]. The van der Waals surface area contributed by atoms with Gasteiger partial charge in [0.1, 0.15) is 22.8 Å². The van der Waals surface area contributed by atoms with Crippen molar-refractivity contribution in [3.63, 3.8) is 0 Å². The van der Waals surface area contributed by atoms with Crippen LogP contribution >= 0.6 is 11.6 Å². The number of H-pyrrole nitrogens is 1. The third-order valence-corrected chi connectivity index (χ3v) is 14.6. The number of nitrogens with one attached hydrogen (secondary N) is 2. The molecule has 2 aliphatic heterocycles. The lowest BCUT2D eigenvalue weighted by Gasteiger charge is -2.47. The molecule has 1 saturated carbocycles. The van der Waals surface area contributed by atoms with E-state index in [-0.39, 0.29) is 28.6 Å². The molecule has 0 bridgehead atoms. The van der Waals surface area contributed by atoms with E-state index >= 15 is 0 Å². The van der Waals surface area contributed by atoms with Crippen LogP contribution in [-0.2, 0) is 14.8 Å². The number of anilines is 2. The van der Waals surface area contributed by atoms with E-state index in [1.807, 2.05) is 18.2 Å². The number of allylic oxidation sites excluding steroid dienone is 1. The maximum absolute atomic E-state index is 14.0. The van der Waals surface area contributed by atoms with Crippen LogP contribution in [0.15, 0.2) is 94.6 Å². The summed E-state index contributed by atoms with van der Waals surface area (Å²) in [6, 6.07) is 18.8. The van der Waals surface area contributed by atoms with E-state index in [9.17, 15) is 23.3 Å². The summed E-state index contributed by atoms with van der Waals surface area (Å²) in [5.74, 6) is -0.545. The number of carbonyl (C=O) groups excluding carboxylic acids is 1. The maximum atomic E-state index is 14.0. The Kier molecular flexibility index (Phi) is 12.0. The summed E-state index contributed by atoms with van der Waals surface area (Å²) in [6.45, 7) is 5.03. The molecule has 4 heterocycles. The van der Waals surface area contributed by atoms with Crippen molar-refractivity contribution >= 4 is 67.4 Å². The number of pyridine rings is 1. The lowest BCUT2D eigenvalue weighted by Crippen LogP contribution is -2.47. The van der Waals surface area contributed by atoms with E-state index in [4.69, 9.17) is 26.8 Å². The number of aliphatic imine (C=N–C) groups is 1. The Bertz CT molecular complexity index is 2720. The minimum absolute atomic E-state index is 0.0455. The van der Waals surface area contributed by atoms with Crippen LogP contribution < -0.4 is 20.1 Å². The number of benzene rings is 3. The molecular formula is C46H49ClN8O7S. The van der Waals surface area contributed by atoms with Gasteiger partial charge in [-0.15, -0.1) is 0 Å². The molecule has 63 heavy (non-hydrogen) atoms. The molecule has 4 N–H and O–H groups in total. The summed E-state index contributed by atoms with van der Waals surface area (Å²) in [6.07, 6.45) is 13.3. The Labute approximate surface area is 370 Å². The highest BCUT2D eigenvalue weighted by molar-refractivity contribution is 7.90. The van der Waals surface area contributed by atoms with Crippen molar-refractivity contribution in [2.24, 2.45) is 10.4 Å². The zero-order chi connectivity index (χ0) is 43.7. The lowest BCUT2D eigenvalue weighted by molar-refractivity contribution is -0.384. The van der Waals surface area contributed by atoms with Crippen molar-refractivity contribution in [3.05, 3.63) is 117 Å². The molecule has 2 aliphatic carbocycles. The predicted octanol–water partition coefficient (Wildman–Crippen LogP) is 8.15. The highest BCUT2D eigenvalue weighted by Crippen LogP contribution is 2.55. The molecule has 2 aromatic heterocycles. The van der Waals surface area contributed by atoms with Gasteiger partial charge in [-0.1, -0.05) is 35.7 Å². The van der Waals surface area contributed by atoms with Crippen molar-refractivity contribution in [3.8, 4) is 11.5 Å². The number of nitro groups is 1. The Morgan fingerprint density at radius 1 is 1.06 bits per heavy atom. The molecule has 4 aliphatic rings. The number of nitrogen functional groups attached to an aromatic ring is 1. The van der Waals surface area contributed by atoms with Gasteiger partial charge >= 0.3 is 0 Å². The third kappa shape index (κ3) is 9.30. The first-order valence-electron chi connectivity index (χ1n) is 21.4. The number of sulfonamides is 1. The van der Waals surface area contributed by atoms with Gasteiger partial charge in [-0.25, -0.2) is 18.1 Å². The number of nitrogens with zero attached hydrogens (tertiary/aromatic N) is 5. The highest BCUT2D eigenvalue weighted by Gasteiger charge is 2.41. The summed E-state index contributed by atoms with van der Waals surface area (Å²) in [5.41, 5.74) is 11.4. The monoisotopic (exact) mass is 892 g/mol. The van der Waals surface area contributed by atoms with E-state index in [2.05, 4.69) is 41.6 Å². The molecule has 3 aromatic carbocycles. The van der Waals surface area contributed by atoms with Crippen molar-refractivity contribution in [2.45, 2.75) is 62.3 Å². The molecule has 17 heteroatoms. The number of piperazine rings is 1. The van der Waals surface area contributed by atoms with Gasteiger partial charge in [0.15, 0.2) is 0 Å². The first-order chi connectivity index (χ1) is 30.4.